The molecule has 2 heterocycles. The summed E-state index contributed by atoms with van der Waals surface area (Å²) < 4.78 is 11.9. The molecule has 0 aromatic heterocycles. The van der Waals surface area contributed by atoms with Gasteiger partial charge in [-0.2, -0.15) is 0 Å². The van der Waals surface area contributed by atoms with Crippen molar-refractivity contribution in [1.29, 1.82) is 0 Å². The van der Waals surface area contributed by atoms with Gasteiger partial charge >= 0.3 is 5.69 Å². The van der Waals surface area contributed by atoms with E-state index in [1.54, 1.807) is 13.8 Å². The number of hydrogen-bond donors (Lipinski definition) is 1. The Morgan fingerprint density at radius 2 is 1.91 bits per heavy atom. The Balaban J connectivity index is 1.34. The number of likely N-dealkylation sites (tertiary alicyclic amines) is 1. The van der Waals surface area contributed by atoms with Crippen LogP contribution in [-0.2, 0) is 6.42 Å². The second kappa shape index (κ2) is 9.47. The SMILES string of the molecule is Cc1c(Cl)c(C)c([N+](=O)[O-])c(OC[C@H](O)CN2CCC3(CC2)Cc2cc(Cl)ccc2O3)c1Cl. The van der Waals surface area contributed by atoms with Crippen molar-refractivity contribution in [3.8, 4) is 11.5 Å². The minimum atomic E-state index is -0.841. The summed E-state index contributed by atoms with van der Waals surface area (Å²) in [4.78, 5) is 13.1. The van der Waals surface area contributed by atoms with Gasteiger partial charge in [-0.15, -0.1) is 0 Å². The third-order valence-corrected chi connectivity index (χ3v) is 7.71. The van der Waals surface area contributed by atoms with Gasteiger partial charge in [-0.1, -0.05) is 34.8 Å². The van der Waals surface area contributed by atoms with E-state index in [1.165, 1.54) is 0 Å². The first-order valence-corrected chi connectivity index (χ1v) is 11.9. The second-order valence-corrected chi connectivity index (χ2v) is 9.98. The van der Waals surface area contributed by atoms with Crippen molar-refractivity contribution in [3.63, 3.8) is 0 Å². The Morgan fingerprint density at radius 3 is 2.58 bits per heavy atom. The molecule has 2 aromatic carbocycles. The van der Waals surface area contributed by atoms with Gasteiger partial charge in [-0.05, 0) is 43.2 Å². The molecule has 0 aliphatic carbocycles. The molecule has 33 heavy (non-hydrogen) atoms. The van der Waals surface area contributed by atoms with Gasteiger partial charge in [0.15, 0.2) is 0 Å². The summed E-state index contributed by atoms with van der Waals surface area (Å²) in [6.07, 6.45) is 1.66. The van der Waals surface area contributed by atoms with Gasteiger partial charge in [-0.3, -0.25) is 10.1 Å². The molecular weight excluding hydrogens is 491 g/mol. The van der Waals surface area contributed by atoms with Crippen LogP contribution in [0.2, 0.25) is 15.1 Å². The topological polar surface area (TPSA) is 85.1 Å². The van der Waals surface area contributed by atoms with Crippen LogP contribution in [-0.4, -0.2) is 52.9 Å². The molecule has 0 unspecified atom stereocenters. The van der Waals surface area contributed by atoms with E-state index in [0.717, 1.165) is 43.7 Å². The highest BCUT2D eigenvalue weighted by Gasteiger charge is 2.42. The van der Waals surface area contributed by atoms with E-state index in [-0.39, 0.29) is 39.3 Å². The van der Waals surface area contributed by atoms with Crippen molar-refractivity contribution in [2.75, 3.05) is 26.2 Å². The van der Waals surface area contributed by atoms with Crippen LogP contribution in [0.25, 0.3) is 0 Å². The van der Waals surface area contributed by atoms with Gasteiger partial charge in [0.25, 0.3) is 0 Å². The molecule has 178 valence electrons. The fourth-order valence-corrected chi connectivity index (χ4v) is 5.30. The maximum atomic E-state index is 11.6. The predicted octanol–water partition coefficient (Wildman–Crippen LogP) is 5.38. The molecule has 0 saturated carbocycles. The third kappa shape index (κ3) is 4.88. The smallest absolute Gasteiger partial charge is 0.316 e. The summed E-state index contributed by atoms with van der Waals surface area (Å²) in [7, 11) is 0. The van der Waals surface area contributed by atoms with E-state index in [4.69, 9.17) is 44.3 Å². The lowest BCUT2D eigenvalue weighted by Gasteiger charge is -2.39. The highest BCUT2D eigenvalue weighted by atomic mass is 35.5. The number of rotatable bonds is 6. The minimum Gasteiger partial charge on any atom is -0.487 e. The largest absolute Gasteiger partial charge is 0.487 e. The minimum absolute atomic E-state index is 0.0616. The van der Waals surface area contributed by atoms with Crippen LogP contribution in [0.4, 0.5) is 5.69 Å². The molecule has 0 bridgehead atoms. The molecule has 1 fully saturated rings. The van der Waals surface area contributed by atoms with Gasteiger partial charge in [0, 0.05) is 49.5 Å². The van der Waals surface area contributed by atoms with Crippen LogP contribution in [0.3, 0.4) is 0 Å². The monoisotopic (exact) mass is 514 g/mol. The van der Waals surface area contributed by atoms with E-state index in [9.17, 15) is 15.2 Å². The van der Waals surface area contributed by atoms with Crippen molar-refractivity contribution in [3.05, 3.63) is 60.1 Å². The molecule has 7 nitrogen and oxygen atoms in total. The number of hydrogen-bond acceptors (Lipinski definition) is 6. The number of benzene rings is 2. The number of fused-ring (bicyclic) bond motifs is 1. The number of piperidine rings is 1. The summed E-state index contributed by atoms with van der Waals surface area (Å²) in [5, 5.41) is 23.1. The number of β-amino-alcohol motifs (C(OH)–C–C–N with tert-alkyl or cyclic N) is 1. The first-order valence-electron chi connectivity index (χ1n) is 10.7. The van der Waals surface area contributed by atoms with E-state index < -0.39 is 11.0 Å². The fourth-order valence-electron chi connectivity index (χ4n) is 4.63. The number of aliphatic hydroxyl groups excluding tert-OH is 1. The Kier molecular flexibility index (Phi) is 6.99. The molecular formula is C23H25Cl3N2O5. The van der Waals surface area contributed by atoms with E-state index in [0.29, 0.717) is 17.1 Å². The lowest BCUT2D eigenvalue weighted by atomic mass is 9.87. The maximum Gasteiger partial charge on any atom is 0.316 e. The molecule has 2 aromatic rings. The van der Waals surface area contributed by atoms with Gasteiger partial charge in [-0.25, -0.2) is 0 Å². The number of nitro benzene ring substituents is 1. The molecule has 1 N–H and O–H groups in total. The first-order chi connectivity index (χ1) is 15.6. The van der Waals surface area contributed by atoms with Crippen LogP contribution in [0.15, 0.2) is 18.2 Å². The van der Waals surface area contributed by atoms with Gasteiger partial charge < -0.3 is 19.5 Å². The zero-order chi connectivity index (χ0) is 23.9. The fraction of sp³-hybridized carbons (Fsp3) is 0.478. The number of halogens is 3. The molecule has 2 aliphatic rings. The molecule has 0 amide bonds. The standard InChI is InChI=1S/C23H25Cl3N2O5/c1-13-19(25)14(2)21(28(30)31)22(20(13)26)32-12-17(29)11-27-7-5-23(6-8-27)10-15-9-16(24)3-4-18(15)33-23/h3-4,9,17,29H,5-8,10-12H2,1-2H3/t17-/m1/s1. The van der Waals surface area contributed by atoms with Crippen molar-refractivity contribution < 1.29 is 19.5 Å². The van der Waals surface area contributed by atoms with Crippen LogP contribution < -0.4 is 9.47 Å². The Bertz CT molecular complexity index is 1090. The second-order valence-electron chi connectivity index (χ2n) is 8.79. The summed E-state index contributed by atoms with van der Waals surface area (Å²) in [6.45, 7) is 5.01. The number of nitro groups is 1. The molecule has 1 saturated heterocycles. The van der Waals surface area contributed by atoms with E-state index in [1.807, 2.05) is 18.2 Å². The lowest BCUT2D eigenvalue weighted by molar-refractivity contribution is -0.386. The van der Waals surface area contributed by atoms with Gasteiger partial charge in [0.05, 0.1) is 15.0 Å². The Hall–Kier alpha value is -1.77. The highest BCUT2D eigenvalue weighted by molar-refractivity contribution is 6.38. The predicted molar refractivity (Wildman–Crippen MR) is 128 cm³/mol. The highest BCUT2D eigenvalue weighted by Crippen LogP contribution is 2.45. The van der Waals surface area contributed by atoms with Crippen LogP contribution >= 0.6 is 34.8 Å². The molecule has 1 spiro atoms. The van der Waals surface area contributed by atoms with Crippen molar-refractivity contribution >= 4 is 40.5 Å². The van der Waals surface area contributed by atoms with Gasteiger partial charge in [0.1, 0.15) is 24.1 Å². The van der Waals surface area contributed by atoms with Crippen LogP contribution in [0, 0.1) is 24.0 Å². The van der Waals surface area contributed by atoms with Crippen LogP contribution in [0.5, 0.6) is 11.5 Å². The summed E-state index contributed by atoms with van der Waals surface area (Å²) in [6, 6.07) is 5.72. The summed E-state index contributed by atoms with van der Waals surface area (Å²) >= 11 is 18.6. The van der Waals surface area contributed by atoms with E-state index in [2.05, 4.69) is 4.90 Å². The average Bonchev–Trinajstić information content (AvgIpc) is 3.12. The third-order valence-electron chi connectivity index (χ3n) is 6.46. The Morgan fingerprint density at radius 1 is 1.21 bits per heavy atom. The molecule has 4 rings (SSSR count). The zero-order valence-corrected chi connectivity index (χ0v) is 20.6. The van der Waals surface area contributed by atoms with E-state index >= 15 is 0 Å². The normalized spacial score (nSPS) is 18.1. The number of aliphatic hydroxyl groups is 1. The first kappa shape index (κ1) is 24.4. The number of ether oxygens (including phenoxy) is 2. The quantitative estimate of drug-likeness (QED) is 0.411. The summed E-state index contributed by atoms with van der Waals surface area (Å²) in [5.41, 5.74) is 1.42. The van der Waals surface area contributed by atoms with Crippen molar-refractivity contribution in [1.82, 2.24) is 4.90 Å². The van der Waals surface area contributed by atoms with Crippen molar-refractivity contribution in [2.24, 2.45) is 0 Å². The molecule has 10 heteroatoms. The van der Waals surface area contributed by atoms with Crippen LogP contribution in [0.1, 0.15) is 29.5 Å². The van der Waals surface area contributed by atoms with Crippen molar-refractivity contribution in [2.45, 2.75) is 44.8 Å². The molecule has 0 radical (unpaired) electrons. The van der Waals surface area contributed by atoms with Gasteiger partial charge in [0.2, 0.25) is 5.75 Å². The number of nitrogens with zero attached hydrogens (tertiary/aromatic N) is 2. The lowest BCUT2D eigenvalue weighted by Crippen LogP contribution is -2.49. The average molecular weight is 516 g/mol. The maximum absolute atomic E-state index is 11.6. The molecule has 2 aliphatic heterocycles. The Labute approximate surface area is 207 Å². The molecule has 1 atom stereocenters. The zero-order valence-electron chi connectivity index (χ0n) is 18.4. The summed E-state index contributed by atoms with van der Waals surface area (Å²) in [5.74, 6) is 0.835.